The molecule has 1 fully saturated rings. The van der Waals surface area contributed by atoms with Crippen LogP contribution < -0.4 is 14.8 Å². The molecule has 150 valence electrons. The number of carbonyl (C=O) groups excluding carboxylic acids is 2. The van der Waals surface area contributed by atoms with Crippen molar-refractivity contribution in [1.82, 2.24) is 5.32 Å². The molecule has 0 aliphatic carbocycles. The van der Waals surface area contributed by atoms with Gasteiger partial charge in [0.1, 0.15) is 11.6 Å². The van der Waals surface area contributed by atoms with Crippen molar-refractivity contribution in [3.63, 3.8) is 0 Å². The van der Waals surface area contributed by atoms with E-state index < -0.39 is 11.9 Å². The minimum absolute atomic E-state index is 0.000285. The first-order valence-electron chi connectivity index (χ1n) is 9.05. The second-order valence-electron chi connectivity index (χ2n) is 6.02. The molecule has 0 bridgehead atoms. The molecule has 1 aromatic rings. The molecule has 1 N–H and O–H groups in total. The smallest absolute Gasteiger partial charge is 0.343 e. The summed E-state index contributed by atoms with van der Waals surface area (Å²) in [6.07, 6.45) is 3.35. The van der Waals surface area contributed by atoms with E-state index in [1.807, 2.05) is 13.0 Å². The van der Waals surface area contributed by atoms with E-state index in [2.05, 4.69) is 10.1 Å². The van der Waals surface area contributed by atoms with Gasteiger partial charge in [0, 0.05) is 13.2 Å². The highest BCUT2D eigenvalue weighted by molar-refractivity contribution is 6.01. The summed E-state index contributed by atoms with van der Waals surface area (Å²) in [5, 5.41) is 12.1. The SMILES string of the molecule is CCOc1cc(/C=C(\C#N)C(=O)NC[C@H]2CCCO2)ccc1OCC(=O)OC. The van der Waals surface area contributed by atoms with E-state index in [0.717, 1.165) is 12.8 Å². The van der Waals surface area contributed by atoms with E-state index in [0.29, 0.717) is 36.8 Å². The number of nitriles is 1. The van der Waals surface area contributed by atoms with Crippen LogP contribution in [0, 0.1) is 11.3 Å². The van der Waals surface area contributed by atoms with E-state index in [9.17, 15) is 14.9 Å². The average molecular weight is 388 g/mol. The van der Waals surface area contributed by atoms with Crippen molar-refractivity contribution in [2.45, 2.75) is 25.9 Å². The molecule has 1 aliphatic heterocycles. The molecule has 28 heavy (non-hydrogen) atoms. The first kappa shape index (κ1) is 21.3. The third kappa shape index (κ3) is 6.28. The fraction of sp³-hybridized carbons (Fsp3) is 0.450. The predicted octanol–water partition coefficient (Wildman–Crippen LogP) is 1.84. The number of amides is 1. The molecule has 1 aromatic carbocycles. The molecule has 0 saturated carbocycles. The summed E-state index contributed by atoms with van der Waals surface area (Å²) in [6.45, 7) is 3.02. The number of ether oxygens (including phenoxy) is 4. The van der Waals surface area contributed by atoms with E-state index in [-0.39, 0.29) is 18.3 Å². The van der Waals surface area contributed by atoms with Gasteiger partial charge in [-0.05, 0) is 43.5 Å². The molecule has 1 heterocycles. The van der Waals surface area contributed by atoms with Gasteiger partial charge in [-0.3, -0.25) is 4.79 Å². The number of methoxy groups -OCH3 is 1. The topological polar surface area (TPSA) is 107 Å². The molecule has 0 spiro atoms. The van der Waals surface area contributed by atoms with E-state index in [1.54, 1.807) is 18.2 Å². The Hall–Kier alpha value is -3.05. The Balaban J connectivity index is 2.10. The lowest BCUT2D eigenvalue weighted by Gasteiger charge is -2.12. The molecule has 8 nitrogen and oxygen atoms in total. The molecule has 8 heteroatoms. The summed E-state index contributed by atoms with van der Waals surface area (Å²) in [5.74, 6) is -0.203. The summed E-state index contributed by atoms with van der Waals surface area (Å²) in [6, 6.07) is 6.83. The molecular weight excluding hydrogens is 364 g/mol. The van der Waals surface area contributed by atoms with Crippen molar-refractivity contribution in [2.24, 2.45) is 0 Å². The number of hydrogen-bond donors (Lipinski definition) is 1. The van der Waals surface area contributed by atoms with Gasteiger partial charge in [-0.25, -0.2) is 4.79 Å². The molecule has 1 amide bonds. The van der Waals surface area contributed by atoms with Gasteiger partial charge in [-0.1, -0.05) is 6.07 Å². The van der Waals surface area contributed by atoms with Crippen LogP contribution in [0.25, 0.3) is 6.08 Å². The van der Waals surface area contributed by atoms with E-state index in [1.165, 1.54) is 13.2 Å². The maximum absolute atomic E-state index is 12.3. The summed E-state index contributed by atoms with van der Waals surface area (Å²) < 4.78 is 20.9. The van der Waals surface area contributed by atoms with Crippen LogP contribution in [-0.2, 0) is 19.1 Å². The van der Waals surface area contributed by atoms with Crippen molar-refractivity contribution in [3.8, 4) is 17.6 Å². The van der Waals surface area contributed by atoms with Crippen LogP contribution >= 0.6 is 0 Å². The first-order valence-corrected chi connectivity index (χ1v) is 9.05. The van der Waals surface area contributed by atoms with Crippen LogP contribution in [0.2, 0.25) is 0 Å². The number of rotatable bonds is 9. The highest BCUT2D eigenvalue weighted by atomic mass is 16.6. The van der Waals surface area contributed by atoms with Gasteiger partial charge in [0.25, 0.3) is 5.91 Å². The number of nitrogens with zero attached hydrogens (tertiary/aromatic N) is 1. The summed E-state index contributed by atoms with van der Waals surface area (Å²) in [4.78, 5) is 23.5. The van der Waals surface area contributed by atoms with Crippen molar-refractivity contribution in [3.05, 3.63) is 29.3 Å². The molecule has 1 atom stereocenters. The number of benzene rings is 1. The maximum Gasteiger partial charge on any atom is 0.343 e. The van der Waals surface area contributed by atoms with Gasteiger partial charge in [0.05, 0.1) is 19.8 Å². The Morgan fingerprint density at radius 2 is 2.18 bits per heavy atom. The number of hydrogen-bond acceptors (Lipinski definition) is 7. The highest BCUT2D eigenvalue weighted by Crippen LogP contribution is 2.29. The lowest BCUT2D eigenvalue weighted by Crippen LogP contribution is -2.32. The zero-order valence-electron chi connectivity index (χ0n) is 16.0. The Morgan fingerprint density at radius 1 is 1.36 bits per heavy atom. The normalized spacial score (nSPS) is 16.2. The molecule has 1 saturated heterocycles. The first-order chi connectivity index (χ1) is 13.6. The van der Waals surface area contributed by atoms with E-state index >= 15 is 0 Å². The van der Waals surface area contributed by atoms with Crippen LogP contribution in [-0.4, -0.2) is 51.5 Å². The summed E-state index contributed by atoms with van der Waals surface area (Å²) in [5.41, 5.74) is 0.571. The van der Waals surface area contributed by atoms with Crippen molar-refractivity contribution < 1.29 is 28.5 Å². The zero-order chi connectivity index (χ0) is 20.4. The van der Waals surface area contributed by atoms with Crippen molar-refractivity contribution in [1.29, 1.82) is 5.26 Å². The van der Waals surface area contributed by atoms with Gasteiger partial charge >= 0.3 is 5.97 Å². The Kier molecular flexibility index (Phi) is 8.31. The quantitative estimate of drug-likeness (QED) is 0.391. The molecule has 1 aliphatic rings. The minimum Gasteiger partial charge on any atom is -0.490 e. The largest absolute Gasteiger partial charge is 0.490 e. The van der Waals surface area contributed by atoms with Crippen molar-refractivity contribution in [2.75, 3.05) is 33.5 Å². The van der Waals surface area contributed by atoms with Gasteiger partial charge in [-0.2, -0.15) is 5.26 Å². The van der Waals surface area contributed by atoms with Crippen LogP contribution in [0.5, 0.6) is 11.5 Å². The maximum atomic E-state index is 12.3. The van der Waals surface area contributed by atoms with Gasteiger partial charge in [-0.15, -0.1) is 0 Å². The lowest BCUT2D eigenvalue weighted by molar-refractivity contribution is -0.142. The minimum atomic E-state index is -0.513. The second kappa shape index (κ2) is 10.9. The zero-order valence-corrected chi connectivity index (χ0v) is 16.0. The summed E-state index contributed by atoms with van der Waals surface area (Å²) in [7, 11) is 1.27. The molecular formula is C20H24N2O6. The third-order valence-corrected chi connectivity index (χ3v) is 4.03. The number of esters is 1. The molecule has 0 unspecified atom stereocenters. The second-order valence-corrected chi connectivity index (χ2v) is 6.02. The Morgan fingerprint density at radius 3 is 2.82 bits per heavy atom. The standard InChI is InChI=1S/C20H24N2O6/c1-3-26-18-10-14(6-7-17(18)28-13-19(23)25-2)9-15(11-21)20(24)22-12-16-5-4-8-27-16/h6-7,9-10,16H,3-5,8,12-13H2,1-2H3,(H,22,24)/b15-9+/t16-/m1/s1. The molecule has 0 radical (unpaired) electrons. The number of nitrogens with one attached hydrogen (secondary N) is 1. The van der Waals surface area contributed by atoms with Gasteiger partial charge in [0.15, 0.2) is 18.1 Å². The number of carbonyl (C=O) groups is 2. The van der Waals surface area contributed by atoms with Crippen LogP contribution in [0.3, 0.4) is 0 Å². The fourth-order valence-corrected chi connectivity index (χ4v) is 2.62. The third-order valence-electron chi connectivity index (χ3n) is 4.03. The highest BCUT2D eigenvalue weighted by Gasteiger charge is 2.18. The van der Waals surface area contributed by atoms with Gasteiger partial charge < -0.3 is 24.3 Å². The molecule has 0 aromatic heterocycles. The average Bonchev–Trinajstić information content (AvgIpc) is 3.23. The molecule has 2 rings (SSSR count). The fourth-order valence-electron chi connectivity index (χ4n) is 2.62. The Labute approximate surface area is 164 Å². The predicted molar refractivity (Wildman–Crippen MR) is 101 cm³/mol. The van der Waals surface area contributed by atoms with Gasteiger partial charge in [0.2, 0.25) is 0 Å². The lowest BCUT2D eigenvalue weighted by atomic mass is 10.1. The van der Waals surface area contributed by atoms with Crippen LogP contribution in [0.15, 0.2) is 23.8 Å². The summed E-state index contributed by atoms with van der Waals surface area (Å²) >= 11 is 0. The van der Waals surface area contributed by atoms with E-state index in [4.69, 9.17) is 14.2 Å². The Bertz CT molecular complexity index is 762. The van der Waals surface area contributed by atoms with Crippen molar-refractivity contribution >= 4 is 18.0 Å². The van der Waals surface area contributed by atoms with Crippen LogP contribution in [0.4, 0.5) is 0 Å². The monoisotopic (exact) mass is 388 g/mol. The van der Waals surface area contributed by atoms with Crippen LogP contribution in [0.1, 0.15) is 25.3 Å².